The second-order valence-corrected chi connectivity index (χ2v) is 4.68. The van der Waals surface area contributed by atoms with Gasteiger partial charge in [0.05, 0.1) is 10.7 Å². The van der Waals surface area contributed by atoms with Crippen LogP contribution in [0.25, 0.3) is 0 Å². The van der Waals surface area contributed by atoms with Crippen molar-refractivity contribution in [2.24, 2.45) is 5.73 Å². The number of benzene rings is 1. The van der Waals surface area contributed by atoms with Gasteiger partial charge in [-0.2, -0.15) is 0 Å². The topological polar surface area (TPSA) is 55.1 Å². The van der Waals surface area contributed by atoms with E-state index in [1.807, 2.05) is 6.07 Å². The molecule has 0 saturated heterocycles. The highest BCUT2D eigenvalue weighted by Crippen LogP contribution is 2.25. The molecule has 1 aromatic rings. The first-order valence-corrected chi connectivity index (χ1v) is 5.66. The first-order chi connectivity index (χ1) is 6.99. The smallest absolute Gasteiger partial charge is 0.225 e. The van der Waals surface area contributed by atoms with Crippen LogP contribution in [0.1, 0.15) is 13.3 Å². The molecule has 1 aromatic carbocycles. The second-order valence-electron chi connectivity index (χ2n) is 3.35. The minimum Gasteiger partial charge on any atom is -0.327 e. The lowest BCUT2D eigenvalue weighted by atomic mass is 10.2. The van der Waals surface area contributed by atoms with Crippen molar-refractivity contribution in [3.05, 3.63) is 27.7 Å². The normalized spacial score (nSPS) is 12.3. The zero-order chi connectivity index (χ0) is 11.4. The van der Waals surface area contributed by atoms with Crippen molar-refractivity contribution >= 4 is 39.1 Å². The molecule has 1 unspecified atom stereocenters. The molecule has 0 fully saturated rings. The molecule has 0 aromatic heterocycles. The van der Waals surface area contributed by atoms with Gasteiger partial charge in [-0.15, -0.1) is 0 Å². The maximum Gasteiger partial charge on any atom is 0.225 e. The first kappa shape index (κ1) is 12.5. The number of halogens is 2. The summed E-state index contributed by atoms with van der Waals surface area (Å²) in [6.45, 7) is 1.78. The molecule has 0 heterocycles. The largest absolute Gasteiger partial charge is 0.327 e. The summed E-state index contributed by atoms with van der Waals surface area (Å²) in [5.41, 5.74) is 6.11. The predicted molar refractivity (Wildman–Crippen MR) is 66.0 cm³/mol. The standard InChI is InChI=1S/C10H12BrClN2O/c1-6(13)4-10(15)14-9-5-7(11)2-3-8(9)12/h2-3,5-6H,4,13H2,1H3,(H,14,15). The third kappa shape index (κ3) is 4.20. The number of nitrogens with two attached hydrogens (primary N) is 1. The van der Waals surface area contributed by atoms with E-state index in [2.05, 4.69) is 21.2 Å². The summed E-state index contributed by atoms with van der Waals surface area (Å²) < 4.78 is 0.864. The fraction of sp³-hybridized carbons (Fsp3) is 0.300. The molecule has 0 spiro atoms. The summed E-state index contributed by atoms with van der Waals surface area (Å²) in [6.07, 6.45) is 0.281. The van der Waals surface area contributed by atoms with E-state index in [0.29, 0.717) is 10.7 Å². The predicted octanol–water partition coefficient (Wildman–Crippen LogP) is 2.78. The van der Waals surface area contributed by atoms with Gasteiger partial charge in [-0.3, -0.25) is 4.79 Å². The summed E-state index contributed by atoms with van der Waals surface area (Å²) >= 11 is 9.21. The van der Waals surface area contributed by atoms with Crippen molar-refractivity contribution in [2.45, 2.75) is 19.4 Å². The first-order valence-electron chi connectivity index (χ1n) is 4.49. The monoisotopic (exact) mass is 290 g/mol. The van der Waals surface area contributed by atoms with Gasteiger partial charge >= 0.3 is 0 Å². The average Bonchev–Trinajstić information content (AvgIpc) is 2.10. The number of hydrogen-bond acceptors (Lipinski definition) is 2. The number of anilines is 1. The van der Waals surface area contributed by atoms with E-state index < -0.39 is 0 Å². The maximum atomic E-state index is 11.4. The Bertz CT molecular complexity index is 368. The third-order valence-corrected chi connectivity index (χ3v) is 2.53. The third-order valence-electron chi connectivity index (χ3n) is 1.71. The van der Waals surface area contributed by atoms with Crippen LogP contribution < -0.4 is 11.1 Å². The summed E-state index contributed by atoms with van der Waals surface area (Å²) in [6, 6.07) is 5.12. The Morgan fingerprint density at radius 1 is 1.67 bits per heavy atom. The van der Waals surface area contributed by atoms with E-state index in [1.54, 1.807) is 19.1 Å². The Labute approximate surface area is 102 Å². The van der Waals surface area contributed by atoms with Crippen LogP contribution >= 0.6 is 27.5 Å². The number of carbonyl (C=O) groups excluding carboxylic acids is 1. The van der Waals surface area contributed by atoms with E-state index in [-0.39, 0.29) is 18.4 Å². The molecule has 1 rings (SSSR count). The van der Waals surface area contributed by atoms with Crippen molar-refractivity contribution in [2.75, 3.05) is 5.32 Å². The Balaban J connectivity index is 2.71. The van der Waals surface area contributed by atoms with E-state index in [4.69, 9.17) is 17.3 Å². The lowest BCUT2D eigenvalue weighted by molar-refractivity contribution is -0.116. The quantitative estimate of drug-likeness (QED) is 0.900. The number of hydrogen-bond donors (Lipinski definition) is 2. The van der Waals surface area contributed by atoms with Crippen LogP contribution in [0.4, 0.5) is 5.69 Å². The number of carbonyl (C=O) groups is 1. The molecule has 0 bridgehead atoms. The number of nitrogens with one attached hydrogen (secondary N) is 1. The van der Waals surface area contributed by atoms with Gasteiger partial charge in [0.2, 0.25) is 5.91 Å². The van der Waals surface area contributed by atoms with E-state index in [9.17, 15) is 4.79 Å². The van der Waals surface area contributed by atoms with E-state index in [1.165, 1.54) is 0 Å². The van der Waals surface area contributed by atoms with Crippen LogP contribution in [0.15, 0.2) is 22.7 Å². The van der Waals surface area contributed by atoms with Crippen LogP contribution in [0.2, 0.25) is 5.02 Å². The summed E-state index contributed by atoms with van der Waals surface area (Å²) in [5, 5.41) is 3.21. The molecule has 15 heavy (non-hydrogen) atoms. The minimum absolute atomic E-state index is 0.134. The van der Waals surface area contributed by atoms with E-state index >= 15 is 0 Å². The zero-order valence-electron chi connectivity index (χ0n) is 8.26. The van der Waals surface area contributed by atoms with Crippen LogP contribution in [-0.4, -0.2) is 11.9 Å². The maximum absolute atomic E-state index is 11.4. The molecule has 1 amide bonds. The second kappa shape index (κ2) is 5.49. The van der Waals surface area contributed by atoms with Crippen molar-refractivity contribution in [1.82, 2.24) is 0 Å². The Hall–Kier alpha value is -0.580. The molecule has 0 radical (unpaired) electrons. The van der Waals surface area contributed by atoms with Gasteiger partial charge in [0.25, 0.3) is 0 Å². The fourth-order valence-corrected chi connectivity index (χ4v) is 1.61. The van der Waals surface area contributed by atoms with Crippen molar-refractivity contribution in [1.29, 1.82) is 0 Å². The van der Waals surface area contributed by atoms with Gasteiger partial charge in [-0.05, 0) is 25.1 Å². The molecular formula is C10H12BrClN2O. The highest BCUT2D eigenvalue weighted by molar-refractivity contribution is 9.10. The molecule has 0 aliphatic rings. The van der Waals surface area contributed by atoms with Gasteiger partial charge in [0, 0.05) is 16.9 Å². The Kier molecular flexibility index (Phi) is 4.57. The molecule has 0 aliphatic carbocycles. The highest BCUT2D eigenvalue weighted by Gasteiger charge is 2.08. The summed E-state index contributed by atoms with van der Waals surface area (Å²) in [4.78, 5) is 11.4. The Morgan fingerprint density at radius 3 is 2.93 bits per heavy atom. The summed E-state index contributed by atoms with van der Waals surface area (Å²) in [5.74, 6) is -0.134. The SMILES string of the molecule is CC(N)CC(=O)Nc1cc(Br)ccc1Cl. The molecule has 82 valence electrons. The van der Waals surface area contributed by atoms with Gasteiger partial charge in [0.1, 0.15) is 0 Å². The lowest BCUT2D eigenvalue weighted by Gasteiger charge is -2.09. The van der Waals surface area contributed by atoms with Crippen LogP contribution in [0.5, 0.6) is 0 Å². The highest BCUT2D eigenvalue weighted by atomic mass is 79.9. The Morgan fingerprint density at radius 2 is 2.33 bits per heavy atom. The van der Waals surface area contributed by atoms with Crippen molar-refractivity contribution in [3.63, 3.8) is 0 Å². The van der Waals surface area contributed by atoms with Crippen LogP contribution in [0.3, 0.4) is 0 Å². The fourth-order valence-electron chi connectivity index (χ4n) is 1.09. The molecule has 1 atom stereocenters. The summed E-state index contributed by atoms with van der Waals surface area (Å²) in [7, 11) is 0. The number of rotatable bonds is 3. The lowest BCUT2D eigenvalue weighted by Crippen LogP contribution is -2.24. The minimum atomic E-state index is -0.157. The van der Waals surface area contributed by atoms with Crippen LogP contribution in [-0.2, 0) is 4.79 Å². The number of amides is 1. The van der Waals surface area contributed by atoms with Gasteiger partial charge in [0.15, 0.2) is 0 Å². The van der Waals surface area contributed by atoms with E-state index in [0.717, 1.165) is 4.47 Å². The van der Waals surface area contributed by atoms with Crippen molar-refractivity contribution in [3.8, 4) is 0 Å². The molecule has 5 heteroatoms. The molecule has 3 N–H and O–H groups in total. The molecule has 3 nitrogen and oxygen atoms in total. The van der Waals surface area contributed by atoms with Crippen molar-refractivity contribution < 1.29 is 4.79 Å². The van der Waals surface area contributed by atoms with Gasteiger partial charge < -0.3 is 11.1 Å². The molecule has 0 saturated carbocycles. The van der Waals surface area contributed by atoms with Crippen LogP contribution in [0, 0.1) is 0 Å². The average molecular weight is 292 g/mol. The molecule has 0 aliphatic heterocycles. The van der Waals surface area contributed by atoms with Gasteiger partial charge in [-0.1, -0.05) is 27.5 Å². The zero-order valence-corrected chi connectivity index (χ0v) is 10.6. The molecular weight excluding hydrogens is 279 g/mol. The van der Waals surface area contributed by atoms with Gasteiger partial charge in [-0.25, -0.2) is 0 Å².